The highest BCUT2D eigenvalue weighted by Gasteiger charge is 2.29. The monoisotopic (exact) mass is 432 g/mol. The van der Waals surface area contributed by atoms with Gasteiger partial charge in [0.25, 0.3) is 5.91 Å². The first-order chi connectivity index (χ1) is 15.4. The third-order valence-corrected chi connectivity index (χ3v) is 5.52. The quantitative estimate of drug-likeness (QED) is 0.456. The number of allylic oxidation sites excluding steroid dienone is 1. The SMILES string of the molecule is CC1=NN(CCCC(=O)O)C(=O)/C1=N\Nc1cccc(/C=C2\CCc3ccccc32)c1O. The van der Waals surface area contributed by atoms with Crippen LogP contribution in [-0.2, 0) is 16.0 Å². The molecule has 2 aliphatic rings. The van der Waals surface area contributed by atoms with Gasteiger partial charge in [-0.1, -0.05) is 36.4 Å². The lowest BCUT2D eigenvalue weighted by Crippen LogP contribution is -2.29. The van der Waals surface area contributed by atoms with Crippen molar-refractivity contribution in [3.8, 4) is 5.75 Å². The Balaban J connectivity index is 1.50. The van der Waals surface area contributed by atoms with Crippen molar-refractivity contribution in [2.45, 2.75) is 32.6 Å². The number of phenols is 1. The molecule has 8 heteroatoms. The van der Waals surface area contributed by atoms with Gasteiger partial charge in [0.05, 0.1) is 11.4 Å². The van der Waals surface area contributed by atoms with Crippen LogP contribution in [0.3, 0.4) is 0 Å². The summed E-state index contributed by atoms with van der Waals surface area (Å²) in [6.07, 6.45) is 4.15. The number of rotatable bonds is 7. The van der Waals surface area contributed by atoms with Gasteiger partial charge in [-0.2, -0.15) is 10.2 Å². The Bertz CT molecular complexity index is 1170. The van der Waals surface area contributed by atoms with E-state index in [4.69, 9.17) is 5.11 Å². The summed E-state index contributed by atoms with van der Waals surface area (Å²) in [5.41, 5.74) is 8.07. The minimum Gasteiger partial charge on any atom is -0.505 e. The summed E-state index contributed by atoms with van der Waals surface area (Å²) in [7, 11) is 0. The van der Waals surface area contributed by atoms with Crippen LogP contribution >= 0.6 is 0 Å². The van der Waals surface area contributed by atoms with Crippen LogP contribution in [0.1, 0.15) is 42.9 Å². The van der Waals surface area contributed by atoms with E-state index in [-0.39, 0.29) is 24.4 Å². The number of para-hydroxylation sites is 1. The molecule has 0 radical (unpaired) electrons. The number of hydrazone groups is 2. The number of hydrogen-bond donors (Lipinski definition) is 3. The molecule has 1 heterocycles. The van der Waals surface area contributed by atoms with Gasteiger partial charge in [0.2, 0.25) is 0 Å². The van der Waals surface area contributed by atoms with E-state index in [9.17, 15) is 14.7 Å². The van der Waals surface area contributed by atoms with E-state index in [1.165, 1.54) is 21.7 Å². The Morgan fingerprint density at radius 1 is 1.22 bits per heavy atom. The smallest absolute Gasteiger partial charge is 0.303 e. The standard InChI is InChI=1S/C24H24N4O4/c1-15-22(24(32)28(27-15)13-5-10-21(29)30)26-25-20-9-4-7-18(23(20)31)14-17-12-11-16-6-2-3-8-19(16)17/h2-4,6-9,14,25,31H,5,10-13H2,1H3,(H,29,30)/b17-14+,26-22-. The van der Waals surface area contributed by atoms with Crippen molar-refractivity contribution in [1.82, 2.24) is 5.01 Å². The van der Waals surface area contributed by atoms with Crippen LogP contribution in [0.15, 0.2) is 52.7 Å². The van der Waals surface area contributed by atoms with Crippen molar-refractivity contribution in [3.63, 3.8) is 0 Å². The third-order valence-electron chi connectivity index (χ3n) is 5.52. The maximum absolute atomic E-state index is 12.5. The van der Waals surface area contributed by atoms with E-state index in [1.807, 2.05) is 30.3 Å². The zero-order valence-electron chi connectivity index (χ0n) is 17.7. The second-order valence-electron chi connectivity index (χ2n) is 7.75. The van der Waals surface area contributed by atoms with Gasteiger partial charge in [0.15, 0.2) is 5.71 Å². The van der Waals surface area contributed by atoms with Gasteiger partial charge in [-0.15, -0.1) is 0 Å². The number of hydrogen-bond acceptors (Lipinski definition) is 6. The summed E-state index contributed by atoms with van der Waals surface area (Å²) in [6, 6.07) is 13.6. The van der Waals surface area contributed by atoms with E-state index >= 15 is 0 Å². The number of aliphatic carboxylic acids is 1. The van der Waals surface area contributed by atoms with Crippen LogP contribution in [0.2, 0.25) is 0 Å². The average molecular weight is 432 g/mol. The number of fused-ring (bicyclic) bond motifs is 1. The van der Waals surface area contributed by atoms with Crippen molar-refractivity contribution >= 4 is 40.6 Å². The molecule has 0 saturated heterocycles. The Hall–Kier alpha value is -3.94. The number of phenolic OH excluding ortho intramolecular Hbond substituents is 1. The molecule has 1 aliphatic carbocycles. The van der Waals surface area contributed by atoms with Gasteiger partial charge >= 0.3 is 5.97 Å². The van der Waals surface area contributed by atoms with Crippen LogP contribution in [0.25, 0.3) is 11.6 Å². The molecule has 2 aromatic rings. The molecule has 8 nitrogen and oxygen atoms in total. The van der Waals surface area contributed by atoms with Crippen LogP contribution in [0, 0.1) is 0 Å². The van der Waals surface area contributed by atoms with Crippen LogP contribution in [-0.4, -0.2) is 45.1 Å². The van der Waals surface area contributed by atoms with Crippen LogP contribution < -0.4 is 5.43 Å². The van der Waals surface area contributed by atoms with Crippen LogP contribution in [0.4, 0.5) is 5.69 Å². The number of benzene rings is 2. The van der Waals surface area contributed by atoms with Gasteiger partial charge in [-0.3, -0.25) is 15.0 Å². The van der Waals surface area contributed by atoms with E-state index in [2.05, 4.69) is 27.8 Å². The highest BCUT2D eigenvalue weighted by molar-refractivity contribution is 6.68. The lowest BCUT2D eigenvalue weighted by Gasteiger charge is -2.10. The first-order valence-corrected chi connectivity index (χ1v) is 10.5. The number of carboxylic acids is 1. The summed E-state index contributed by atoms with van der Waals surface area (Å²) in [6.45, 7) is 1.87. The number of carbonyl (C=O) groups excluding carboxylic acids is 1. The van der Waals surface area contributed by atoms with E-state index < -0.39 is 11.9 Å². The topological polar surface area (TPSA) is 115 Å². The Labute approximate surface area is 185 Å². The van der Waals surface area contributed by atoms with Crippen molar-refractivity contribution in [2.75, 3.05) is 12.0 Å². The number of amides is 1. The number of nitrogens with zero attached hydrogens (tertiary/aromatic N) is 3. The molecule has 3 N–H and O–H groups in total. The first kappa shape index (κ1) is 21.3. The normalized spacial score (nSPS) is 17.7. The maximum Gasteiger partial charge on any atom is 0.303 e. The summed E-state index contributed by atoms with van der Waals surface area (Å²) in [5.74, 6) is -1.27. The zero-order chi connectivity index (χ0) is 22.7. The molecule has 0 atom stereocenters. The molecule has 32 heavy (non-hydrogen) atoms. The Morgan fingerprint density at radius 2 is 2.03 bits per heavy atom. The van der Waals surface area contributed by atoms with E-state index in [1.54, 1.807) is 13.0 Å². The van der Waals surface area contributed by atoms with Crippen molar-refractivity contribution < 1.29 is 19.8 Å². The lowest BCUT2D eigenvalue weighted by molar-refractivity contribution is -0.137. The molecule has 4 rings (SSSR count). The predicted octanol–water partition coefficient (Wildman–Crippen LogP) is 3.73. The zero-order valence-corrected chi connectivity index (χ0v) is 17.7. The fraction of sp³-hybridized carbons (Fsp3) is 0.250. The minimum atomic E-state index is -0.917. The van der Waals surface area contributed by atoms with E-state index in [0.717, 1.165) is 12.8 Å². The molecule has 164 valence electrons. The number of carboxylic acid groups (broad SMARTS) is 1. The molecule has 0 saturated carbocycles. The molecule has 1 aliphatic heterocycles. The fourth-order valence-electron chi connectivity index (χ4n) is 3.89. The summed E-state index contributed by atoms with van der Waals surface area (Å²) in [5, 5.41) is 29.1. The van der Waals surface area contributed by atoms with Crippen molar-refractivity contribution in [1.29, 1.82) is 0 Å². The van der Waals surface area contributed by atoms with Crippen molar-refractivity contribution in [2.24, 2.45) is 10.2 Å². The molecule has 0 fully saturated rings. The van der Waals surface area contributed by atoms with Crippen molar-refractivity contribution in [3.05, 3.63) is 59.2 Å². The fourth-order valence-corrected chi connectivity index (χ4v) is 3.89. The second-order valence-corrected chi connectivity index (χ2v) is 7.75. The van der Waals surface area contributed by atoms with Crippen LogP contribution in [0.5, 0.6) is 5.75 Å². The number of anilines is 1. The molecular formula is C24H24N4O4. The molecule has 0 aromatic heterocycles. The van der Waals surface area contributed by atoms with Gasteiger partial charge < -0.3 is 10.2 Å². The summed E-state index contributed by atoms with van der Waals surface area (Å²) < 4.78 is 0. The number of nitrogens with one attached hydrogen (secondary N) is 1. The molecule has 1 amide bonds. The lowest BCUT2D eigenvalue weighted by atomic mass is 10.0. The Morgan fingerprint density at radius 3 is 2.84 bits per heavy atom. The Kier molecular flexibility index (Phi) is 6.02. The molecule has 0 spiro atoms. The summed E-state index contributed by atoms with van der Waals surface area (Å²) >= 11 is 0. The van der Waals surface area contributed by atoms with Gasteiger partial charge in [0, 0.05) is 18.5 Å². The van der Waals surface area contributed by atoms with Gasteiger partial charge in [-0.25, -0.2) is 5.01 Å². The largest absolute Gasteiger partial charge is 0.505 e. The highest BCUT2D eigenvalue weighted by Crippen LogP contribution is 2.36. The molecule has 2 aromatic carbocycles. The maximum atomic E-state index is 12.5. The first-order valence-electron chi connectivity index (χ1n) is 10.5. The predicted molar refractivity (Wildman–Crippen MR) is 123 cm³/mol. The number of aromatic hydroxyl groups is 1. The third kappa shape index (κ3) is 4.39. The van der Waals surface area contributed by atoms with E-state index in [0.29, 0.717) is 23.4 Å². The van der Waals surface area contributed by atoms with Gasteiger partial charge in [-0.05, 0) is 55.0 Å². The summed E-state index contributed by atoms with van der Waals surface area (Å²) in [4.78, 5) is 23.2. The average Bonchev–Trinajstić information content (AvgIpc) is 3.29. The molecule has 0 unspecified atom stereocenters. The molecular weight excluding hydrogens is 408 g/mol. The second kappa shape index (κ2) is 9.05. The molecule has 0 bridgehead atoms. The highest BCUT2D eigenvalue weighted by atomic mass is 16.4. The minimum absolute atomic E-state index is 0.0380. The van der Waals surface area contributed by atoms with Gasteiger partial charge in [0.1, 0.15) is 5.75 Å². The number of carbonyl (C=O) groups is 2. The number of aryl methyl sites for hydroxylation is 1.